The summed E-state index contributed by atoms with van der Waals surface area (Å²) in [4.78, 5) is 12.4. The Balaban J connectivity index is 2.46. The van der Waals surface area contributed by atoms with Crippen molar-refractivity contribution in [2.75, 3.05) is 5.73 Å². The number of fused-ring (bicyclic) bond motifs is 1. The molecule has 0 fully saturated rings. The van der Waals surface area contributed by atoms with E-state index < -0.39 is 5.91 Å². The maximum Gasteiger partial charge on any atom is 0.259 e. The van der Waals surface area contributed by atoms with E-state index in [4.69, 9.17) is 5.73 Å². The number of rotatable bonds is 4. The summed E-state index contributed by atoms with van der Waals surface area (Å²) in [6.45, 7) is 5.45. The van der Waals surface area contributed by atoms with E-state index in [0.717, 1.165) is 5.39 Å². The van der Waals surface area contributed by atoms with Gasteiger partial charge < -0.3 is 16.2 Å². The Kier molecular flexibility index (Phi) is 4.63. The summed E-state index contributed by atoms with van der Waals surface area (Å²) in [5.74, 6) is -0.643. The Hall–Kier alpha value is -3.01. The second-order valence-electron chi connectivity index (χ2n) is 4.72. The zero-order valence-corrected chi connectivity index (χ0v) is 12.3. The van der Waals surface area contributed by atoms with Gasteiger partial charge in [-0.2, -0.15) is 0 Å². The van der Waals surface area contributed by atoms with E-state index in [1.165, 1.54) is 0 Å². The van der Waals surface area contributed by atoms with Gasteiger partial charge in [-0.15, -0.1) is 0 Å². The minimum absolute atomic E-state index is 0.135. The Morgan fingerprint density at radius 2 is 2.09 bits per heavy atom. The number of allylic oxidation sites excluding steroid dienone is 4. The Morgan fingerprint density at radius 1 is 1.36 bits per heavy atom. The molecule has 0 aliphatic heterocycles. The summed E-state index contributed by atoms with van der Waals surface area (Å²) in [6.07, 6.45) is 6.77. The largest absolute Gasteiger partial charge is 0.505 e. The van der Waals surface area contributed by atoms with Gasteiger partial charge in [0.1, 0.15) is 0 Å². The molecule has 0 aliphatic carbocycles. The van der Waals surface area contributed by atoms with E-state index in [9.17, 15) is 9.90 Å². The maximum atomic E-state index is 12.4. The zero-order chi connectivity index (χ0) is 16.1. The molecule has 22 heavy (non-hydrogen) atoms. The van der Waals surface area contributed by atoms with E-state index in [2.05, 4.69) is 11.9 Å². The van der Waals surface area contributed by atoms with Crippen molar-refractivity contribution in [2.24, 2.45) is 0 Å². The molecule has 0 aliphatic rings. The highest BCUT2D eigenvalue weighted by Crippen LogP contribution is 2.33. The SMILES string of the molecule is C=C/C=C(\C=C/C)NC(=O)c1cc2ccccc2c(N)c1O. The van der Waals surface area contributed by atoms with Gasteiger partial charge in [0.2, 0.25) is 0 Å². The van der Waals surface area contributed by atoms with Gasteiger partial charge in [0.15, 0.2) is 5.75 Å². The number of nitrogens with two attached hydrogens (primary N) is 1. The number of benzene rings is 2. The molecule has 4 nitrogen and oxygen atoms in total. The quantitative estimate of drug-likeness (QED) is 0.459. The molecule has 0 unspecified atom stereocenters. The van der Waals surface area contributed by atoms with Gasteiger partial charge in [-0.1, -0.05) is 43.0 Å². The van der Waals surface area contributed by atoms with Crippen molar-refractivity contribution in [2.45, 2.75) is 6.92 Å². The van der Waals surface area contributed by atoms with Gasteiger partial charge in [0.25, 0.3) is 5.91 Å². The number of anilines is 1. The lowest BCUT2D eigenvalue weighted by atomic mass is 10.0. The van der Waals surface area contributed by atoms with E-state index in [-0.39, 0.29) is 17.0 Å². The molecule has 0 saturated heterocycles. The van der Waals surface area contributed by atoms with Crippen LogP contribution in [0.3, 0.4) is 0 Å². The Morgan fingerprint density at radius 3 is 2.77 bits per heavy atom. The van der Waals surface area contributed by atoms with Crippen molar-refractivity contribution >= 4 is 22.4 Å². The predicted molar refractivity (Wildman–Crippen MR) is 90.6 cm³/mol. The molecule has 4 heteroatoms. The molecule has 112 valence electrons. The minimum Gasteiger partial charge on any atom is -0.505 e. The van der Waals surface area contributed by atoms with Crippen molar-refractivity contribution in [1.82, 2.24) is 5.32 Å². The molecule has 2 aromatic carbocycles. The first-order chi connectivity index (χ1) is 10.6. The number of aromatic hydroxyl groups is 1. The third-order valence-corrected chi connectivity index (χ3v) is 3.21. The van der Waals surface area contributed by atoms with Crippen LogP contribution in [0.25, 0.3) is 10.8 Å². The molecule has 0 heterocycles. The lowest BCUT2D eigenvalue weighted by Gasteiger charge is -2.11. The molecular weight excluding hydrogens is 276 g/mol. The van der Waals surface area contributed by atoms with E-state index in [1.54, 1.807) is 36.4 Å². The van der Waals surface area contributed by atoms with Crippen LogP contribution in [-0.4, -0.2) is 11.0 Å². The second-order valence-corrected chi connectivity index (χ2v) is 4.72. The fraction of sp³-hybridized carbons (Fsp3) is 0.0556. The molecule has 0 saturated carbocycles. The van der Waals surface area contributed by atoms with Gasteiger partial charge in [0.05, 0.1) is 11.3 Å². The molecule has 0 radical (unpaired) electrons. The fourth-order valence-electron chi connectivity index (χ4n) is 2.18. The van der Waals surface area contributed by atoms with Gasteiger partial charge in [0, 0.05) is 11.1 Å². The van der Waals surface area contributed by atoms with Crippen LogP contribution in [0.4, 0.5) is 5.69 Å². The van der Waals surface area contributed by atoms with Gasteiger partial charge in [-0.05, 0) is 30.5 Å². The molecule has 0 spiro atoms. The molecule has 2 aromatic rings. The summed E-state index contributed by atoms with van der Waals surface area (Å²) >= 11 is 0. The molecular formula is C18H18N2O2. The first-order valence-electron chi connectivity index (χ1n) is 6.85. The predicted octanol–water partition coefficient (Wildman–Crippen LogP) is 3.50. The number of nitrogens with one attached hydrogen (secondary N) is 1. The lowest BCUT2D eigenvalue weighted by Crippen LogP contribution is -2.22. The Labute approximate surface area is 129 Å². The smallest absolute Gasteiger partial charge is 0.259 e. The van der Waals surface area contributed by atoms with Gasteiger partial charge >= 0.3 is 0 Å². The van der Waals surface area contributed by atoms with E-state index in [0.29, 0.717) is 11.1 Å². The first-order valence-corrected chi connectivity index (χ1v) is 6.85. The van der Waals surface area contributed by atoms with Crippen LogP contribution in [-0.2, 0) is 0 Å². The molecule has 4 N–H and O–H groups in total. The minimum atomic E-state index is -0.429. The topological polar surface area (TPSA) is 75.4 Å². The number of nitrogen functional groups attached to an aromatic ring is 1. The van der Waals surface area contributed by atoms with Crippen LogP contribution < -0.4 is 11.1 Å². The van der Waals surface area contributed by atoms with Crippen molar-refractivity contribution in [3.8, 4) is 5.75 Å². The van der Waals surface area contributed by atoms with Gasteiger partial charge in [-0.3, -0.25) is 4.79 Å². The second kappa shape index (κ2) is 6.63. The van der Waals surface area contributed by atoms with Crippen molar-refractivity contribution in [1.29, 1.82) is 0 Å². The molecule has 0 atom stereocenters. The average Bonchev–Trinajstić information content (AvgIpc) is 2.51. The summed E-state index contributed by atoms with van der Waals surface area (Å²) in [7, 11) is 0. The number of phenols is 1. The number of phenolic OH excluding ortho intramolecular Hbond substituents is 1. The highest BCUT2D eigenvalue weighted by molar-refractivity contribution is 6.07. The summed E-state index contributed by atoms with van der Waals surface area (Å²) < 4.78 is 0. The molecule has 0 bridgehead atoms. The fourth-order valence-corrected chi connectivity index (χ4v) is 2.18. The van der Waals surface area contributed by atoms with E-state index >= 15 is 0 Å². The first kappa shape index (κ1) is 15.4. The normalized spacial score (nSPS) is 11.8. The van der Waals surface area contributed by atoms with Crippen LogP contribution >= 0.6 is 0 Å². The summed E-state index contributed by atoms with van der Waals surface area (Å²) in [5.41, 5.74) is 6.84. The number of carbonyl (C=O) groups excluding carboxylic acids is 1. The zero-order valence-electron chi connectivity index (χ0n) is 12.3. The summed E-state index contributed by atoms with van der Waals surface area (Å²) in [5, 5.41) is 14.4. The van der Waals surface area contributed by atoms with Crippen LogP contribution in [0.5, 0.6) is 5.75 Å². The number of carbonyl (C=O) groups is 1. The van der Waals surface area contributed by atoms with Crippen molar-refractivity contribution in [3.05, 3.63) is 72.5 Å². The van der Waals surface area contributed by atoms with Crippen LogP contribution in [0.1, 0.15) is 17.3 Å². The third kappa shape index (κ3) is 3.01. The lowest BCUT2D eigenvalue weighted by molar-refractivity contribution is 0.0965. The number of hydrogen-bond acceptors (Lipinski definition) is 3. The number of amides is 1. The standard InChI is InChI=1S/C18H18N2O2/c1-3-7-13(8-4-2)20-18(22)15-11-12-9-5-6-10-14(12)16(19)17(15)21/h3-11,21H,1,19H2,2H3,(H,20,22)/b8-4-,13-7+. The molecule has 2 rings (SSSR count). The number of hydrogen-bond donors (Lipinski definition) is 3. The summed E-state index contributed by atoms with van der Waals surface area (Å²) in [6, 6.07) is 8.94. The van der Waals surface area contributed by atoms with Gasteiger partial charge in [-0.25, -0.2) is 0 Å². The van der Waals surface area contributed by atoms with Crippen LogP contribution in [0, 0.1) is 0 Å². The molecule has 0 aromatic heterocycles. The van der Waals surface area contributed by atoms with Crippen LogP contribution in [0.2, 0.25) is 0 Å². The highest BCUT2D eigenvalue weighted by Gasteiger charge is 2.16. The van der Waals surface area contributed by atoms with Crippen molar-refractivity contribution in [3.63, 3.8) is 0 Å². The monoisotopic (exact) mass is 294 g/mol. The third-order valence-electron chi connectivity index (χ3n) is 3.21. The van der Waals surface area contributed by atoms with E-state index in [1.807, 2.05) is 25.1 Å². The van der Waals surface area contributed by atoms with Crippen molar-refractivity contribution < 1.29 is 9.90 Å². The average molecular weight is 294 g/mol. The van der Waals surface area contributed by atoms with Crippen LogP contribution in [0.15, 0.2) is 66.9 Å². The molecule has 1 amide bonds. The highest BCUT2D eigenvalue weighted by atomic mass is 16.3. The maximum absolute atomic E-state index is 12.4. The Bertz CT molecular complexity index is 789.